The quantitative estimate of drug-likeness (QED) is 0.413. The Morgan fingerprint density at radius 3 is 2.77 bits per heavy atom. The lowest BCUT2D eigenvalue weighted by molar-refractivity contribution is 0.625. The third kappa shape index (κ3) is 6.74. The molecule has 0 saturated carbocycles. The van der Waals surface area contributed by atoms with Crippen LogP contribution in [0.5, 0.6) is 0 Å². The molecule has 2 rings (SSSR count). The van der Waals surface area contributed by atoms with E-state index in [1.54, 1.807) is 23.5 Å². The maximum Gasteiger partial charge on any atom is 0.191 e. The molecule has 0 unspecified atom stereocenters. The molecule has 1 aromatic heterocycles. The van der Waals surface area contributed by atoms with Gasteiger partial charge in [-0.1, -0.05) is 18.2 Å². The monoisotopic (exact) mass is 433 g/mol. The molecule has 0 aliphatic heterocycles. The SMILES string of the molecule is CCNC(=NCc1cccs1)NCCc1cccc(F)c1.I. The van der Waals surface area contributed by atoms with E-state index < -0.39 is 0 Å². The Morgan fingerprint density at radius 1 is 1.23 bits per heavy atom. The van der Waals surface area contributed by atoms with Crippen LogP contribution in [0.15, 0.2) is 46.8 Å². The van der Waals surface area contributed by atoms with Crippen LogP contribution >= 0.6 is 35.3 Å². The highest BCUT2D eigenvalue weighted by atomic mass is 127. The number of nitrogens with zero attached hydrogens (tertiary/aromatic N) is 1. The normalized spacial score (nSPS) is 10.9. The van der Waals surface area contributed by atoms with Crippen LogP contribution in [0.1, 0.15) is 17.4 Å². The van der Waals surface area contributed by atoms with Gasteiger partial charge in [0.1, 0.15) is 5.82 Å². The zero-order valence-electron chi connectivity index (χ0n) is 12.5. The minimum Gasteiger partial charge on any atom is -0.357 e. The molecule has 0 bridgehead atoms. The van der Waals surface area contributed by atoms with Crippen molar-refractivity contribution >= 4 is 41.3 Å². The van der Waals surface area contributed by atoms with E-state index in [1.165, 1.54) is 10.9 Å². The number of thiophene rings is 1. The van der Waals surface area contributed by atoms with E-state index in [0.717, 1.165) is 31.0 Å². The zero-order chi connectivity index (χ0) is 14.9. The van der Waals surface area contributed by atoms with Gasteiger partial charge in [-0.15, -0.1) is 35.3 Å². The van der Waals surface area contributed by atoms with Crippen molar-refractivity contribution in [2.45, 2.75) is 19.9 Å². The second-order valence-electron chi connectivity index (χ2n) is 4.58. The molecule has 1 heterocycles. The van der Waals surface area contributed by atoms with Gasteiger partial charge < -0.3 is 10.6 Å². The molecule has 0 spiro atoms. The molecule has 0 aliphatic carbocycles. The molecule has 0 radical (unpaired) electrons. The molecule has 2 N–H and O–H groups in total. The van der Waals surface area contributed by atoms with Crippen molar-refractivity contribution in [3.8, 4) is 0 Å². The standard InChI is InChI=1S/C16H20FN3S.HI/c1-2-18-16(20-12-15-7-4-10-21-15)19-9-8-13-5-3-6-14(17)11-13;/h3-7,10-11H,2,8-9,12H2,1H3,(H2,18,19,20);1H. The number of benzene rings is 1. The third-order valence-corrected chi connectivity index (χ3v) is 3.77. The van der Waals surface area contributed by atoms with Crippen molar-refractivity contribution in [2.24, 2.45) is 4.99 Å². The number of halogens is 2. The minimum absolute atomic E-state index is 0. The van der Waals surface area contributed by atoms with Crippen LogP contribution in [-0.2, 0) is 13.0 Å². The number of nitrogens with one attached hydrogen (secondary N) is 2. The van der Waals surface area contributed by atoms with Gasteiger partial charge in [-0.3, -0.25) is 0 Å². The lowest BCUT2D eigenvalue weighted by Gasteiger charge is -2.11. The van der Waals surface area contributed by atoms with Gasteiger partial charge in [0.2, 0.25) is 0 Å². The van der Waals surface area contributed by atoms with Crippen molar-refractivity contribution in [1.82, 2.24) is 10.6 Å². The molecular formula is C16H21FIN3S. The first kappa shape index (κ1) is 18.9. The van der Waals surface area contributed by atoms with Crippen molar-refractivity contribution < 1.29 is 4.39 Å². The number of aliphatic imine (C=N–C) groups is 1. The van der Waals surface area contributed by atoms with Gasteiger partial charge in [0.05, 0.1) is 6.54 Å². The first-order chi connectivity index (χ1) is 10.3. The summed E-state index contributed by atoms with van der Waals surface area (Å²) in [4.78, 5) is 5.77. The molecular weight excluding hydrogens is 412 g/mol. The molecule has 1 aromatic carbocycles. The Kier molecular flexibility index (Phi) is 9.07. The molecule has 0 amide bonds. The summed E-state index contributed by atoms with van der Waals surface area (Å²) < 4.78 is 13.1. The van der Waals surface area contributed by atoms with Crippen LogP contribution in [0.25, 0.3) is 0 Å². The van der Waals surface area contributed by atoms with Crippen molar-refractivity contribution in [3.63, 3.8) is 0 Å². The summed E-state index contributed by atoms with van der Waals surface area (Å²) >= 11 is 1.70. The van der Waals surface area contributed by atoms with Crippen LogP contribution in [0.4, 0.5) is 4.39 Å². The molecule has 0 aliphatic rings. The summed E-state index contributed by atoms with van der Waals surface area (Å²) in [5.41, 5.74) is 0.983. The van der Waals surface area contributed by atoms with Gasteiger partial charge in [0.25, 0.3) is 0 Å². The van der Waals surface area contributed by atoms with Crippen LogP contribution in [0.3, 0.4) is 0 Å². The molecule has 22 heavy (non-hydrogen) atoms. The van der Waals surface area contributed by atoms with Crippen LogP contribution in [0, 0.1) is 5.82 Å². The molecule has 0 fully saturated rings. The van der Waals surface area contributed by atoms with E-state index in [-0.39, 0.29) is 29.8 Å². The second kappa shape index (κ2) is 10.6. The van der Waals surface area contributed by atoms with Gasteiger partial charge in [0, 0.05) is 18.0 Å². The van der Waals surface area contributed by atoms with E-state index in [4.69, 9.17) is 0 Å². The molecule has 0 atom stereocenters. The van der Waals surface area contributed by atoms with Gasteiger partial charge in [-0.05, 0) is 42.5 Å². The summed E-state index contributed by atoms with van der Waals surface area (Å²) in [5.74, 6) is 0.605. The van der Waals surface area contributed by atoms with Crippen molar-refractivity contribution in [2.75, 3.05) is 13.1 Å². The molecule has 6 heteroatoms. The molecule has 120 valence electrons. The van der Waals surface area contributed by atoms with Crippen molar-refractivity contribution in [3.05, 3.63) is 58.0 Å². The number of guanidine groups is 1. The first-order valence-electron chi connectivity index (χ1n) is 7.07. The van der Waals surface area contributed by atoms with Crippen LogP contribution in [0.2, 0.25) is 0 Å². The Balaban J connectivity index is 0.00000242. The third-order valence-electron chi connectivity index (χ3n) is 2.91. The minimum atomic E-state index is -0.189. The number of rotatable bonds is 6. The fraction of sp³-hybridized carbons (Fsp3) is 0.312. The zero-order valence-corrected chi connectivity index (χ0v) is 15.7. The van der Waals surface area contributed by atoms with E-state index in [1.807, 2.05) is 19.1 Å². The fourth-order valence-corrected chi connectivity index (χ4v) is 2.55. The predicted octanol–water partition coefficient (Wildman–Crippen LogP) is 3.80. The highest BCUT2D eigenvalue weighted by molar-refractivity contribution is 14.0. The average Bonchev–Trinajstić information content (AvgIpc) is 2.98. The van der Waals surface area contributed by atoms with E-state index >= 15 is 0 Å². The lowest BCUT2D eigenvalue weighted by Crippen LogP contribution is -2.38. The predicted molar refractivity (Wildman–Crippen MR) is 103 cm³/mol. The largest absolute Gasteiger partial charge is 0.357 e. The Morgan fingerprint density at radius 2 is 2.09 bits per heavy atom. The summed E-state index contributed by atoms with van der Waals surface area (Å²) in [6.45, 7) is 4.25. The summed E-state index contributed by atoms with van der Waals surface area (Å²) in [7, 11) is 0. The maximum absolute atomic E-state index is 13.1. The van der Waals surface area contributed by atoms with E-state index in [0.29, 0.717) is 6.54 Å². The topological polar surface area (TPSA) is 36.4 Å². The fourth-order valence-electron chi connectivity index (χ4n) is 1.92. The van der Waals surface area contributed by atoms with Gasteiger partial charge in [-0.2, -0.15) is 0 Å². The second-order valence-corrected chi connectivity index (χ2v) is 5.61. The Bertz CT molecular complexity index is 573. The Hall–Kier alpha value is -1.15. The highest BCUT2D eigenvalue weighted by Gasteiger charge is 1.99. The van der Waals surface area contributed by atoms with Crippen molar-refractivity contribution in [1.29, 1.82) is 0 Å². The summed E-state index contributed by atoms with van der Waals surface area (Å²) in [6, 6.07) is 10.8. The molecule has 0 saturated heterocycles. The van der Waals surface area contributed by atoms with Gasteiger partial charge in [0.15, 0.2) is 5.96 Å². The number of hydrogen-bond donors (Lipinski definition) is 2. The van der Waals surface area contributed by atoms with Crippen LogP contribution in [-0.4, -0.2) is 19.0 Å². The van der Waals surface area contributed by atoms with Gasteiger partial charge in [-0.25, -0.2) is 9.38 Å². The van der Waals surface area contributed by atoms with Crippen LogP contribution < -0.4 is 10.6 Å². The van der Waals surface area contributed by atoms with E-state index in [9.17, 15) is 4.39 Å². The lowest BCUT2D eigenvalue weighted by atomic mass is 10.1. The van der Waals surface area contributed by atoms with E-state index in [2.05, 4.69) is 27.1 Å². The average molecular weight is 433 g/mol. The molecule has 3 nitrogen and oxygen atoms in total. The summed E-state index contributed by atoms with van der Waals surface area (Å²) in [6.07, 6.45) is 0.765. The number of hydrogen-bond acceptors (Lipinski definition) is 2. The smallest absolute Gasteiger partial charge is 0.191 e. The van der Waals surface area contributed by atoms with Gasteiger partial charge >= 0.3 is 0 Å². The maximum atomic E-state index is 13.1. The first-order valence-corrected chi connectivity index (χ1v) is 7.95. The highest BCUT2D eigenvalue weighted by Crippen LogP contribution is 2.09. The molecule has 2 aromatic rings. The Labute approximate surface area is 152 Å². The summed E-state index contributed by atoms with van der Waals surface area (Å²) in [5, 5.41) is 8.54.